The molecule has 0 unspecified atom stereocenters. The summed E-state index contributed by atoms with van der Waals surface area (Å²) in [5.41, 5.74) is 3.26. The van der Waals surface area contributed by atoms with Crippen LogP contribution >= 0.6 is 0 Å². The van der Waals surface area contributed by atoms with Crippen LogP contribution in [0.3, 0.4) is 0 Å². The quantitative estimate of drug-likeness (QED) is 0.605. The molecule has 0 aliphatic carbocycles. The predicted molar refractivity (Wildman–Crippen MR) is 107 cm³/mol. The van der Waals surface area contributed by atoms with Crippen molar-refractivity contribution in [2.75, 3.05) is 0 Å². The summed E-state index contributed by atoms with van der Waals surface area (Å²) in [6, 6.07) is 30.2. The Kier molecular flexibility index (Phi) is 6.21. The van der Waals surface area contributed by atoms with Gasteiger partial charge in [-0.3, -0.25) is 4.79 Å². The zero-order valence-electron chi connectivity index (χ0n) is 15.1. The van der Waals surface area contributed by atoms with Crippen LogP contribution in [-0.4, -0.2) is 5.91 Å². The first kappa shape index (κ1) is 17.9. The van der Waals surface area contributed by atoms with Crippen molar-refractivity contribution < 1.29 is 4.79 Å². The molecule has 1 atom stereocenters. The lowest BCUT2D eigenvalue weighted by Crippen LogP contribution is -2.33. The first-order valence-corrected chi connectivity index (χ1v) is 9.24. The minimum atomic E-state index is -0.145. The molecule has 0 spiro atoms. The summed E-state index contributed by atoms with van der Waals surface area (Å²) in [7, 11) is 0. The molecule has 2 heteroatoms. The third kappa shape index (κ3) is 4.40. The van der Waals surface area contributed by atoms with Crippen molar-refractivity contribution in [3.63, 3.8) is 0 Å². The number of hydrogen-bond donors (Lipinski definition) is 1. The second-order valence-corrected chi connectivity index (χ2v) is 6.51. The molecule has 0 saturated heterocycles. The molecule has 1 amide bonds. The Morgan fingerprint density at radius 3 is 1.58 bits per heavy atom. The van der Waals surface area contributed by atoms with Crippen molar-refractivity contribution in [2.45, 2.75) is 31.7 Å². The molecule has 0 fully saturated rings. The van der Waals surface area contributed by atoms with E-state index in [1.54, 1.807) is 0 Å². The zero-order chi connectivity index (χ0) is 18.2. The van der Waals surface area contributed by atoms with Gasteiger partial charge in [0.05, 0.1) is 12.0 Å². The summed E-state index contributed by atoms with van der Waals surface area (Å²) in [6.07, 6.45) is 1.81. The monoisotopic (exact) mass is 343 g/mol. The minimum absolute atomic E-state index is 0.0794. The van der Waals surface area contributed by atoms with Gasteiger partial charge in [0.25, 0.3) is 0 Å². The fourth-order valence-corrected chi connectivity index (χ4v) is 3.32. The van der Waals surface area contributed by atoms with Crippen molar-refractivity contribution in [3.8, 4) is 0 Å². The summed E-state index contributed by atoms with van der Waals surface area (Å²) in [5, 5.41) is 3.29. The largest absolute Gasteiger partial charge is 0.345 e. The Balaban J connectivity index is 1.89. The zero-order valence-corrected chi connectivity index (χ0v) is 15.1. The molecule has 0 heterocycles. The van der Waals surface area contributed by atoms with Gasteiger partial charge in [-0.15, -0.1) is 0 Å². The molecule has 0 saturated carbocycles. The topological polar surface area (TPSA) is 29.1 Å². The van der Waals surface area contributed by atoms with Crippen molar-refractivity contribution in [2.24, 2.45) is 0 Å². The maximum absolute atomic E-state index is 13.2. The number of hydrogen-bond acceptors (Lipinski definition) is 1. The van der Waals surface area contributed by atoms with E-state index in [9.17, 15) is 4.79 Å². The molecule has 0 aromatic heterocycles. The summed E-state index contributed by atoms with van der Waals surface area (Å²) in [6.45, 7) is 2.12. The first-order chi connectivity index (χ1) is 12.8. The Labute approximate surface area is 155 Å². The summed E-state index contributed by atoms with van der Waals surface area (Å²) in [5.74, 6) is -0.0492. The van der Waals surface area contributed by atoms with Gasteiger partial charge in [0, 0.05) is 0 Å². The Hall–Kier alpha value is -2.87. The van der Waals surface area contributed by atoms with Crippen molar-refractivity contribution in [1.82, 2.24) is 5.32 Å². The van der Waals surface area contributed by atoms with Crippen molar-refractivity contribution in [1.29, 1.82) is 0 Å². The lowest BCUT2D eigenvalue weighted by molar-refractivity contribution is -0.123. The molecule has 3 aromatic carbocycles. The second kappa shape index (κ2) is 9.00. The van der Waals surface area contributed by atoms with E-state index in [1.165, 1.54) is 0 Å². The number of carbonyl (C=O) groups is 1. The van der Waals surface area contributed by atoms with Crippen LogP contribution < -0.4 is 5.32 Å². The highest BCUT2D eigenvalue weighted by Gasteiger charge is 2.24. The minimum Gasteiger partial charge on any atom is -0.345 e. The summed E-state index contributed by atoms with van der Waals surface area (Å²) in [4.78, 5) is 13.2. The highest BCUT2D eigenvalue weighted by Crippen LogP contribution is 2.26. The number of nitrogens with one attached hydrogen (secondary N) is 1. The highest BCUT2D eigenvalue weighted by atomic mass is 16.1. The Morgan fingerprint density at radius 1 is 0.731 bits per heavy atom. The lowest BCUT2D eigenvalue weighted by Gasteiger charge is -2.24. The average Bonchev–Trinajstić information content (AvgIpc) is 2.72. The summed E-state index contributed by atoms with van der Waals surface area (Å²) < 4.78 is 0. The normalized spacial score (nSPS) is 11.9. The molecule has 26 heavy (non-hydrogen) atoms. The predicted octanol–water partition coefficient (Wildman–Crippen LogP) is 5.48. The van der Waals surface area contributed by atoms with Gasteiger partial charge in [-0.1, -0.05) is 104 Å². The Morgan fingerprint density at radius 2 is 1.15 bits per heavy atom. The van der Waals surface area contributed by atoms with Crippen molar-refractivity contribution in [3.05, 3.63) is 108 Å². The molecule has 0 aliphatic heterocycles. The summed E-state index contributed by atoms with van der Waals surface area (Å²) >= 11 is 0. The number of amides is 1. The van der Waals surface area contributed by atoms with Gasteiger partial charge < -0.3 is 5.32 Å². The lowest BCUT2D eigenvalue weighted by atomic mass is 9.92. The van der Waals surface area contributed by atoms with E-state index in [1.807, 2.05) is 66.7 Å². The van der Waals surface area contributed by atoms with Crippen LogP contribution in [0.1, 0.15) is 48.4 Å². The number of benzene rings is 3. The molecule has 3 aromatic rings. The molecule has 0 bridgehead atoms. The van der Waals surface area contributed by atoms with E-state index in [0.29, 0.717) is 0 Å². The van der Waals surface area contributed by atoms with Gasteiger partial charge in [-0.25, -0.2) is 0 Å². The van der Waals surface area contributed by atoms with Gasteiger partial charge in [0.2, 0.25) is 5.91 Å². The molecule has 2 nitrogen and oxygen atoms in total. The Bertz CT molecular complexity index is 760. The van der Waals surface area contributed by atoms with Gasteiger partial charge in [-0.2, -0.15) is 0 Å². The van der Waals surface area contributed by atoms with Crippen LogP contribution in [-0.2, 0) is 4.79 Å². The molecular weight excluding hydrogens is 318 g/mol. The van der Waals surface area contributed by atoms with Crippen LogP contribution in [0.15, 0.2) is 91.0 Å². The van der Waals surface area contributed by atoms with Gasteiger partial charge in [0.1, 0.15) is 0 Å². The number of carbonyl (C=O) groups excluding carboxylic acids is 1. The van der Waals surface area contributed by atoms with E-state index in [4.69, 9.17) is 0 Å². The van der Waals surface area contributed by atoms with E-state index in [0.717, 1.165) is 29.5 Å². The maximum atomic E-state index is 13.2. The average molecular weight is 343 g/mol. The maximum Gasteiger partial charge on any atom is 0.228 e. The van der Waals surface area contributed by atoms with E-state index in [2.05, 4.69) is 36.5 Å². The van der Waals surface area contributed by atoms with Crippen LogP contribution in [0.4, 0.5) is 0 Å². The van der Waals surface area contributed by atoms with Crippen LogP contribution in [0, 0.1) is 0 Å². The van der Waals surface area contributed by atoms with E-state index in [-0.39, 0.29) is 17.9 Å². The van der Waals surface area contributed by atoms with Crippen LogP contribution in [0.25, 0.3) is 0 Å². The molecule has 132 valence electrons. The molecule has 0 aliphatic rings. The second-order valence-electron chi connectivity index (χ2n) is 6.51. The van der Waals surface area contributed by atoms with Gasteiger partial charge >= 0.3 is 0 Å². The van der Waals surface area contributed by atoms with E-state index >= 15 is 0 Å². The fraction of sp³-hybridized carbons (Fsp3) is 0.208. The SMILES string of the molecule is CCC[C@H](C(=O)NC(c1ccccc1)c1ccccc1)c1ccccc1. The standard InChI is InChI=1S/C24H25NO/c1-2-12-22(19-13-6-3-7-14-19)24(26)25-23(20-15-8-4-9-16-20)21-17-10-5-11-18-21/h3-11,13-18,22-23H,2,12H2,1H3,(H,25,26)/t22-/m0/s1. The molecule has 3 rings (SSSR count). The van der Waals surface area contributed by atoms with E-state index < -0.39 is 0 Å². The van der Waals surface area contributed by atoms with Crippen molar-refractivity contribution >= 4 is 5.91 Å². The molecular formula is C24H25NO. The third-order valence-corrected chi connectivity index (χ3v) is 4.65. The molecule has 0 radical (unpaired) electrons. The van der Waals surface area contributed by atoms with Gasteiger partial charge in [0.15, 0.2) is 0 Å². The molecule has 1 N–H and O–H groups in total. The third-order valence-electron chi connectivity index (χ3n) is 4.65. The smallest absolute Gasteiger partial charge is 0.228 e. The number of rotatable bonds is 7. The van der Waals surface area contributed by atoms with Crippen LogP contribution in [0.5, 0.6) is 0 Å². The van der Waals surface area contributed by atoms with Crippen LogP contribution in [0.2, 0.25) is 0 Å². The first-order valence-electron chi connectivity index (χ1n) is 9.24. The highest BCUT2D eigenvalue weighted by molar-refractivity contribution is 5.84. The van der Waals surface area contributed by atoms with Gasteiger partial charge in [-0.05, 0) is 23.1 Å². The fourth-order valence-electron chi connectivity index (χ4n) is 3.32.